The molecular formula is C44H27N5. The molecule has 0 aliphatic carbocycles. The Labute approximate surface area is 283 Å². The second-order valence-corrected chi connectivity index (χ2v) is 12.2. The van der Waals surface area contributed by atoms with Crippen molar-refractivity contribution in [1.29, 1.82) is 10.5 Å². The molecule has 5 nitrogen and oxygen atoms in total. The lowest BCUT2D eigenvalue weighted by atomic mass is 9.62. The first kappa shape index (κ1) is 28.3. The Morgan fingerprint density at radius 3 is 1.45 bits per heavy atom. The van der Waals surface area contributed by atoms with Crippen LogP contribution in [0.25, 0.3) is 27.6 Å². The number of benzene rings is 6. The second kappa shape index (κ2) is 11.1. The third-order valence-electron chi connectivity index (χ3n) is 9.71. The minimum Gasteiger partial charge on any atom is -0.294 e. The first-order chi connectivity index (χ1) is 24.2. The summed E-state index contributed by atoms with van der Waals surface area (Å²) in [5.74, 6) is 1.52. The monoisotopic (exact) mass is 625 g/mol. The molecule has 0 fully saturated rings. The molecule has 1 aliphatic rings. The Balaban J connectivity index is 1.31. The van der Waals surface area contributed by atoms with Gasteiger partial charge in [0.05, 0.1) is 51.1 Å². The van der Waals surface area contributed by atoms with Gasteiger partial charge in [-0.05, 0) is 82.9 Å². The molecule has 0 saturated heterocycles. The van der Waals surface area contributed by atoms with Gasteiger partial charge in [-0.2, -0.15) is 10.5 Å². The predicted molar refractivity (Wildman–Crippen MR) is 195 cm³/mol. The molecule has 1 aliphatic heterocycles. The predicted octanol–water partition coefficient (Wildman–Crippen LogP) is 10.1. The molecule has 8 aromatic rings. The van der Waals surface area contributed by atoms with Crippen LogP contribution in [0, 0.1) is 22.7 Å². The molecule has 0 saturated carbocycles. The van der Waals surface area contributed by atoms with E-state index in [4.69, 9.17) is 4.98 Å². The summed E-state index contributed by atoms with van der Waals surface area (Å²) in [6.45, 7) is 0. The number of hydrogen-bond donors (Lipinski definition) is 0. The zero-order valence-electron chi connectivity index (χ0n) is 26.3. The van der Waals surface area contributed by atoms with Gasteiger partial charge in [0.15, 0.2) is 0 Å². The summed E-state index contributed by atoms with van der Waals surface area (Å²) in [6.07, 6.45) is 0. The molecule has 0 spiro atoms. The van der Waals surface area contributed by atoms with E-state index in [1.54, 1.807) is 0 Å². The minimum absolute atomic E-state index is 0.562. The minimum atomic E-state index is -0.562. The van der Waals surface area contributed by atoms with Crippen molar-refractivity contribution < 1.29 is 0 Å². The third kappa shape index (κ3) is 4.13. The summed E-state index contributed by atoms with van der Waals surface area (Å²) < 4.78 is 2.12. The lowest BCUT2D eigenvalue weighted by Gasteiger charge is -2.46. The Bertz CT molecular complexity index is 2480. The van der Waals surface area contributed by atoms with Gasteiger partial charge in [-0.3, -0.25) is 9.47 Å². The van der Waals surface area contributed by atoms with E-state index < -0.39 is 5.41 Å². The first-order valence-electron chi connectivity index (χ1n) is 16.2. The number of anilines is 3. The summed E-state index contributed by atoms with van der Waals surface area (Å²) in [5, 5.41) is 21.2. The number of para-hydroxylation sites is 2. The molecule has 49 heavy (non-hydrogen) atoms. The molecule has 2 aromatic heterocycles. The number of nitrogens with zero attached hydrogens (tertiary/aromatic N) is 5. The van der Waals surface area contributed by atoms with Crippen LogP contribution in [-0.2, 0) is 5.41 Å². The topological polar surface area (TPSA) is 68.6 Å². The molecule has 0 unspecified atom stereocenters. The number of fused-ring (bicyclic) bond motifs is 5. The molecule has 5 heteroatoms. The lowest BCUT2D eigenvalue weighted by Crippen LogP contribution is -2.37. The Kier molecular flexibility index (Phi) is 6.40. The standard InChI is InChI=1S/C44H27N5/c45-28-30-22-24-38-34(26-30)35-27-31(29-46)23-25-39(35)48(38)42-20-11-21-43(47-42)49-40-18-9-7-16-36(40)44(32-12-3-1-4-13-32,33-14-5-2-6-15-33)37-17-8-10-19-41(37)49/h1-27H. The number of pyridine rings is 1. The van der Waals surface area contributed by atoms with Gasteiger partial charge >= 0.3 is 0 Å². The highest BCUT2D eigenvalue weighted by Crippen LogP contribution is 2.57. The van der Waals surface area contributed by atoms with Crippen LogP contribution >= 0.6 is 0 Å². The molecule has 228 valence electrons. The Morgan fingerprint density at radius 1 is 0.469 bits per heavy atom. The fraction of sp³-hybridized carbons (Fsp3) is 0.0227. The van der Waals surface area contributed by atoms with Crippen LogP contribution in [-0.4, -0.2) is 9.55 Å². The molecule has 0 radical (unpaired) electrons. The van der Waals surface area contributed by atoms with E-state index in [2.05, 4.69) is 137 Å². The molecule has 0 bridgehead atoms. The molecule has 9 rings (SSSR count). The van der Waals surface area contributed by atoms with Crippen LogP contribution in [0.2, 0.25) is 0 Å². The summed E-state index contributed by atoms with van der Waals surface area (Å²) in [7, 11) is 0. The highest BCUT2D eigenvalue weighted by atomic mass is 15.2. The van der Waals surface area contributed by atoms with Crippen LogP contribution < -0.4 is 4.90 Å². The zero-order chi connectivity index (χ0) is 33.0. The van der Waals surface area contributed by atoms with Crippen LogP contribution in [0.4, 0.5) is 17.2 Å². The molecule has 0 atom stereocenters. The maximum absolute atomic E-state index is 9.69. The smallest absolute Gasteiger partial charge is 0.140 e. The van der Waals surface area contributed by atoms with Crippen molar-refractivity contribution >= 4 is 39.0 Å². The number of rotatable bonds is 4. The van der Waals surface area contributed by atoms with Gasteiger partial charge in [0, 0.05) is 10.8 Å². The van der Waals surface area contributed by atoms with E-state index >= 15 is 0 Å². The zero-order valence-corrected chi connectivity index (χ0v) is 26.3. The summed E-state index contributed by atoms with van der Waals surface area (Å²) in [5.41, 5.74) is 9.24. The van der Waals surface area contributed by atoms with Crippen molar-refractivity contribution in [1.82, 2.24) is 9.55 Å². The van der Waals surface area contributed by atoms with Crippen molar-refractivity contribution in [2.45, 2.75) is 5.41 Å². The van der Waals surface area contributed by atoms with E-state index in [0.717, 1.165) is 44.8 Å². The summed E-state index contributed by atoms with van der Waals surface area (Å²) in [6, 6.07) is 60.9. The van der Waals surface area contributed by atoms with E-state index in [9.17, 15) is 10.5 Å². The summed E-state index contributed by atoms with van der Waals surface area (Å²) >= 11 is 0. The Morgan fingerprint density at radius 2 is 0.939 bits per heavy atom. The number of aromatic nitrogens is 2. The SMILES string of the molecule is N#Cc1ccc2c(c1)c1cc(C#N)ccc1n2-c1cccc(N2c3ccccc3C(c3ccccc3)(c3ccccc3)c3ccccc32)n1. The van der Waals surface area contributed by atoms with Crippen LogP contribution in [0.1, 0.15) is 33.4 Å². The van der Waals surface area contributed by atoms with E-state index in [-0.39, 0.29) is 0 Å². The van der Waals surface area contributed by atoms with Crippen molar-refractivity contribution in [3.8, 4) is 18.0 Å². The first-order valence-corrected chi connectivity index (χ1v) is 16.2. The molecule has 3 heterocycles. The largest absolute Gasteiger partial charge is 0.294 e. The average molecular weight is 626 g/mol. The number of nitriles is 2. The summed E-state index contributed by atoms with van der Waals surface area (Å²) in [4.78, 5) is 7.65. The van der Waals surface area contributed by atoms with Crippen molar-refractivity contribution in [3.63, 3.8) is 0 Å². The van der Waals surface area contributed by atoms with Crippen LogP contribution in [0.3, 0.4) is 0 Å². The molecule has 0 N–H and O–H groups in total. The van der Waals surface area contributed by atoms with Crippen molar-refractivity contribution in [3.05, 3.63) is 197 Å². The van der Waals surface area contributed by atoms with E-state index in [0.29, 0.717) is 11.1 Å². The second-order valence-electron chi connectivity index (χ2n) is 12.2. The van der Waals surface area contributed by atoms with Gasteiger partial charge < -0.3 is 0 Å². The Hall–Kier alpha value is -6.95. The maximum atomic E-state index is 9.69. The maximum Gasteiger partial charge on any atom is 0.140 e. The molecular weight excluding hydrogens is 599 g/mol. The van der Waals surface area contributed by atoms with Gasteiger partial charge in [-0.1, -0.05) is 103 Å². The van der Waals surface area contributed by atoms with Crippen molar-refractivity contribution in [2.75, 3.05) is 4.90 Å². The van der Waals surface area contributed by atoms with Gasteiger partial charge in [-0.25, -0.2) is 4.98 Å². The quantitative estimate of drug-likeness (QED) is 0.195. The van der Waals surface area contributed by atoms with Gasteiger partial charge in [0.1, 0.15) is 11.6 Å². The highest BCUT2D eigenvalue weighted by molar-refractivity contribution is 6.10. The lowest BCUT2D eigenvalue weighted by molar-refractivity contribution is 0.730. The van der Waals surface area contributed by atoms with Gasteiger partial charge in [0.2, 0.25) is 0 Å². The fourth-order valence-electron chi connectivity index (χ4n) is 7.73. The van der Waals surface area contributed by atoms with Gasteiger partial charge in [-0.15, -0.1) is 0 Å². The van der Waals surface area contributed by atoms with Crippen molar-refractivity contribution in [2.24, 2.45) is 0 Å². The normalized spacial score (nSPS) is 13.0. The third-order valence-corrected chi connectivity index (χ3v) is 9.71. The highest BCUT2D eigenvalue weighted by Gasteiger charge is 2.46. The van der Waals surface area contributed by atoms with Gasteiger partial charge in [0.25, 0.3) is 0 Å². The number of hydrogen-bond acceptors (Lipinski definition) is 4. The van der Waals surface area contributed by atoms with E-state index in [1.807, 2.05) is 48.5 Å². The average Bonchev–Trinajstić information content (AvgIpc) is 3.50. The van der Waals surface area contributed by atoms with E-state index in [1.165, 1.54) is 22.3 Å². The molecule has 6 aromatic carbocycles. The van der Waals surface area contributed by atoms with Crippen LogP contribution in [0.15, 0.2) is 164 Å². The molecule has 0 amide bonds. The fourth-order valence-corrected chi connectivity index (χ4v) is 7.73. The van der Waals surface area contributed by atoms with Crippen LogP contribution in [0.5, 0.6) is 0 Å².